The summed E-state index contributed by atoms with van der Waals surface area (Å²) in [6.45, 7) is 8.54. The van der Waals surface area contributed by atoms with Gasteiger partial charge in [0.05, 0.1) is 17.9 Å². The summed E-state index contributed by atoms with van der Waals surface area (Å²) in [6, 6.07) is 17.4. The van der Waals surface area contributed by atoms with Crippen molar-refractivity contribution in [1.82, 2.24) is 14.7 Å². The van der Waals surface area contributed by atoms with E-state index in [0.29, 0.717) is 18.5 Å². The molecule has 0 aliphatic carbocycles. The molecule has 230 valence electrons. The van der Waals surface area contributed by atoms with Crippen LogP contribution in [0.25, 0.3) is 5.69 Å². The van der Waals surface area contributed by atoms with Gasteiger partial charge in [-0.1, -0.05) is 30.3 Å². The number of aromatic nitrogens is 2. The van der Waals surface area contributed by atoms with E-state index in [4.69, 9.17) is 14.6 Å². The van der Waals surface area contributed by atoms with Crippen LogP contribution < -0.4 is 15.8 Å². The summed E-state index contributed by atoms with van der Waals surface area (Å²) >= 11 is 1.83. The molecule has 0 radical (unpaired) electrons. The molecule has 42 heavy (non-hydrogen) atoms. The average molecular weight is 600 g/mol. The van der Waals surface area contributed by atoms with Gasteiger partial charge >= 0.3 is 0 Å². The minimum Gasteiger partial charge on any atom is -0.476 e. The van der Waals surface area contributed by atoms with Crippen LogP contribution in [-0.2, 0) is 16.0 Å². The van der Waals surface area contributed by atoms with Gasteiger partial charge in [0.15, 0.2) is 0 Å². The van der Waals surface area contributed by atoms with E-state index in [9.17, 15) is 4.39 Å². The highest BCUT2D eigenvalue weighted by Crippen LogP contribution is 2.30. The van der Waals surface area contributed by atoms with Gasteiger partial charge in [-0.25, -0.2) is 9.07 Å². The number of likely N-dealkylation sites (tertiary alicyclic amines) is 1. The Morgan fingerprint density at radius 1 is 1.19 bits per heavy atom. The highest BCUT2D eigenvalue weighted by atomic mass is 32.2. The second kappa shape index (κ2) is 22.1. The molecule has 1 unspecified atom stereocenters. The van der Waals surface area contributed by atoms with Gasteiger partial charge in [0.2, 0.25) is 12.3 Å². The number of methoxy groups -OCH3 is 1. The Bertz CT molecular complexity index is 1140. The highest BCUT2D eigenvalue weighted by Gasteiger charge is 2.25. The number of terminal acetylenes is 1. The van der Waals surface area contributed by atoms with Crippen LogP contribution in [0.5, 0.6) is 5.88 Å². The third kappa shape index (κ3) is 13.0. The Morgan fingerprint density at radius 3 is 2.43 bits per heavy atom. The summed E-state index contributed by atoms with van der Waals surface area (Å²) < 4.78 is 25.7. The number of amides is 1. The zero-order valence-corrected chi connectivity index (χ0v) is 26.1. The summed E-state index contributed by atoms with van der Waals surface area (Å²) in [4.78, 5) is 11.1. The standard InChI is InChI=1S/C26H33FN4OS.C3H8O.C2H2.CH3NO/c1-20-25(28-23-14-16-30(19-23)15-13-21-9-11-22(27)12-10-21)31(24-7-4-3-5-8-24)29-26(20)32-17-6-18-33-2;1-3-4-2;1-2;2-1-3/h3-5,7-12,23,28H,6,13-19H2,1-2H3;3H2,1-2H3;1-2H;1H,(H2,2,3). The van der Waals surface area contributed by atoms with Crippen LogP contribution >= 0.6 is 11.8 Å². The second-order valence-electron chi connectivity index (χ2n) is 9.24. The van der Waals surface area contributed by atoms with Crippen molar-refractivity contribution in [2.75, 3.05) is 57.3 Å². The van der Waals surface area contributed by atoms with Crippen molar-refractivity contribution in [2.24, 2.45) is 5.73 Å². The minimum atomic E-state index is -0.179. The first kappa shape index (κ1) is 36.5. The van der Waals surface area contributed by atoms with E-state index in [1.165, 1.54) is 17.7 Å². The normalized spacial score (nSPS) is 13.8. The third-order valence-electron chi connectivity index (χ3n) is 6.34. The maximum atomic E-state index is 13.1. The molecule has 1 saturated heterocycles. The number of rotatable bonds is 12. The molecular formula is C32H46FN5O3S. The predicted molar refractivity (Wildman–Crippen MR) is 173 cm³/mol. The molecule has 1 aromatic heterocycles. The first-order chi connectivity index (χ1) is 20.5. The number of thioether (sulfide) groups is 1. The van der Waals surface area contributed by atoms with Gasteiger partial charge < -0.3 is 25.4 Å². The summed E-state index contributed by atoms with van der Waals surface area (Å²) in [6.07, 6.45) is 13.4. The Labute approximate surface area is 255 Å². The SMILES string of the molecule is C#C.CCOC.CSCCCOc1nn(-c2ccccc2)c(NC2CCN(CCc3ccc(F)cc3)C2)c1C.NC=O. The molecule has 3 aromatic rings. The van der Waals surface area contributed by atoms with E-state index < -0.39 is 0 Å². The lowest BCUT2D eigenvalue weighted by atomic mass is 10.1. The molecular weight excluding hydrogens is 553 g/mol. The zero-order valence-electron chi connectivity index (χ0n) is 25.3. The molecule has 1 amide bonds. The van der Waals surface area contributed by atoms with E-state index in [0.717, 1.165) is 68.3 Å². The number of hydrogen-bond acceptors (Lipinski definition) is 7. The molecule has 2 aromatic carbocycles. The fourth-order valence-electron chi connectivity index (χ4n) is 4.20. The summed E-state index contributed by atoms with van der Waals surface area (Å²) in [5.74, 6) is 2.61. The summed E-state index contributed by atoms with van der Waals surface area (Å²) in [7, 11) is 1.68. The predicted octanol–water partition coefficient (Wildman–Crippen LogP) is 5.18. The van der Waals surface area contributed by atoms with Gasteiger partial charge in [-0.3, -0.25) is 4.79 Å². The van der Waals surface area contributed by atoms with Crippen molar-refractivity contribution in [1.29, 1.82) is 0 Å². The molecule has 4 rings (SSSR count). The van der Waals surface area contributed by atoms with Crippen molar-refractivity contribution in [2.45, 2.75) is 39.2 Å². The van der Waals surface area contributed by atoms with Crippen molar-refractivity contribution in [3.63, 3.8) is 0 Å². The number of benzene rings is 2. The number of hydrogen-bond donors (Lipinski definition) is 2. The smallest absolute Gasteiger partial charge is 0.238 e. The quantitative estimate of drug-likeness (QED) is 0.168. The molecule has 1 aliphatic heterocycles. The van der Waals surface area contributed by atoms with Crippen LogP contribution in [0, 0.1) is 25.6 Å². The third-order valence-corrected chi connectivity index (χ3v) is 7.04. The number of primary amides is 1. The van der Waals surface area contributed by atoms with E-state index in [2.05, 4.69) is 58.8 Å². The fraction of sp³-hybridized carbons (Fsp3) is 0.438. The highest BCUT2D eigenvalue weighted by molar-refractivity contribution is 7.98. The van der Waals surface area contributed by atoms with E-state index in [1.54, 1.807) is 7.11 Å². The Morgan fingerprint density at radius 2 is 1.83 bits per heavy atom. The topological polar surface area (TPSA) is 94.6 Å². The minimum absolute atomic E-state index is 0.179. The molecule has 2 heterocycles. The largest absolute Gasteiger partial charge is 0.476 e. The number of carbonyl (C=O) groups is 1. The first-order valence-corrected chi connectivity index (χ1v) is 15.3. The lowest BCUT2D eigenvalue weighted by Crippen LogP contribution is -2.28. The van der Waals surface area contributed by atoms with Crippen LogP contribution in [0.4, 0.5) is 10.2 Å². The van der Waals surface area contributed by atoms with Crippen molar-refractivity contribution < 1.29 is 18.7 Å². The van der Waals surface area contributed by atoms with Crippen molar-refractivity contribution in [3.05, 3.63) is 71.5 Å². The molecule has 0 spiro atoms. The number of anilines is 1. The Hall–Kier alpha value is -3.52. The molecule has 3 N–H and O–H groups in total. The number of para-hydroxylation sites is 1. The van der Waals surface area contributed by atoms with Gasteiger partial charge in [-0.05, 0) is 74.9 Å². The molecule has 1 atom stereocenters. The van der Waals surface area contributed by atoms with Crippen LogP contribution in [0.3, 0.4) is 0 Å². The van der Waals surface area contributed by atoms with E-state index in [-0.39, 0.29) is 12.2 Å². The number of nitrogens with zero attached hydrogens (tertiary/aromatic N) is 3. The summed E-state index contributed by atoms with van der Waals surface area (Å²) in [5, 5.41) is 8.56. The number of nitrogens with two attached hydrogens (primary N) is 1. The van der Waals surface area contributed by atoms with Crippen LogP contribution in [0.2, 0.25) is 0 Å². The molecule has 1 fully saturated rings. The first-order valence-electron chi connectivity index (χ1n) is 13.9. The van der Waals surface area contributed by atoms with Crippen LogP contribution in [-0.4, -0.2) is 79.1 Å². The van der Waals surface area contributed by atoms with Crippen LogP contribution in [0.1, 0.15) is 30.9 Å². The maximum Gasteiger partial charge on any atom is 0.238 e. The second-order valence-corrected chi connectivity index (χ2v) is 10.2. The monoisotopic (exact) mass is 599 g/mol. The lowest BCUT2D eigenvalue weighted by molar-refractivity contribution is -0.106. The summed E-state index contributed by atoms with van der Waals surface area (Å²) in [5.41, 5.74) is 7.41. The molecule has 0 saturated carbocycles. The average Bonchev–Trinajstić information content (AvgIpc) is 3.61. The molecule has 1 aliphatic rings. The van der Waals surface area contributed by atoms with E-state index in [1.807, 2.05) is 53.7 Å². The van der Waals surface area contributed by atoms with Crippen molar-refractivity contribution >= 4 is 24.0 Å². The van der Waals surface area contributed by atoms with Crippen LogP contribution in [0.15, 0.2) is 54.6 Å². The van der Waals surface area contributed by atoms with Gasteiger partial charge in [0, 0.05) is 39.4 Å². The van der Waals surface area contributed by atoms with E-state index >= 15 is 0 Å². The molecule has 0 bridgehead atoms. The number of carbonyl (C=O) groups excluding carboxylic acids is 1. The number of nitrogens with one attached hydrogen (secondary N) is 1. The Balaban J connectivity index is 0.000000873. The lowest BCUT2D eigenvalue weighted by Gasteiger charge is -2.18. The van der Waals surface area contributed by atoms with Gasteiger partial charge in [-0.2, -0.15) is 11.8 Å². The maximum absolute atomic E-state index is 13.1. The number of halogens is 1. The van der Waals surface area contributed by atoms with Crippen molar-refractivity contribution in [3.8, 4) is 24.4 Å². The van der Waals surface area contributed by atoms with Gasteiger partial charge in [-0.15, -0.1) is 17.9 Å². The Kier molecular flexibility index (Phi) is 19.2. The van der Waals surface area contributed by atoms with Gasteiger partial charge in [0.25, 0.3) is 0 Å². The number of ether oxygens (including phenoxy) is 2. The van der Waals surface area contributed by atoms with Gasteiger partial charge in [0.1, 0.15) is 11.6 Å². The zero-order chi connectivity index (χ0) is 31.2. The molecule has 10 heteroatoms. The molecule has 8 nitrogen and oxygen atoms in total. The fourth-order valence-corrected chi connectivity index (χ4v) is 4.60.